The Labute approximate surface area is 226 Å². The molecule has 3 aromatic rings. The van der Waals surface area contributed by atoms with Crippen LogP contribution in [0.1, 0.15) is 53.5 Å². The zero-order chi connectivity index (χ0) is 26.9. The Morgan fingerprint density at radius 2 is 1.79 bits per heavy atom. The minimum atomic E-state index is -0.309. The maximum absolute atomic E-state index is 15.3. The molecule has 1 heterocycles. The lowest BCUT2D eigenvalue weighted by molar-refractivity contribution is 0.180. The van der Waals surface area contributed by atoms with Crippen molar-refractivity contribution >= 4 is 32.5 Å². The van der Waals surface area contributed by atoms with Crippen molar-refractivity contribution in [2.75, 3.05) is 25.5 Å². The summed E-state index contributed by atoms with van der Waals surface area (Å²) < 4.78 is 34.6. The zero-order valence-corrected chi connectivity index (χ0v) is 22.7. The molecule has 2 N–H and O–H groups in total. The number of halogens is 2. The topological polar surface area (TPSA) is 38.5 Å². The van der Waals surface area contributed by atoms with Crippen molar-refractivity contribution < 1.29 is 13.5 Å². The summed E-state index contributed by atoms with van der Waals surface area (Å²) in [5.41, 5.74) is 13.9. The average Bonchev–Trinajstić information content (AvgIpc) is 3.27. The van der Waals surface area contributed by atoms with Gasteiger partial charge >= 0.3 is 0 Å². The van der Waals surface area contributed by atoms with Crippen LogP contribution < -0.4 is 10.5 Å². The Hall–Kier alpha value is -3.05. The number of hydrogen-bond acceptors (Lipinski definition) is 3. The lowest BCUT2D eigenvalue weighted by Gasteiger charge is -2.35. The lowest BCUT2D eigenvalue weighted by atomic mass is 9.59. The molecule has 0 unspecified atom stereocenters. The predicted octanol–water partition coefficient (Wildman–Crippen LogP) is 4.74. The van der Waals surface area contributed by atoms with Gasteiger partial charge in [-0.3, -0.25) is 4.39 Å². The van der Waals surface area contributed by atoms with Crippen molar-refractivity contribution in [3.63, 3.8) is 0 Å². The molecule has 196 valence electrons. The molecular weight excluding hydrogens is 476 g/mol. The Morgan fingerprint density at radius 1 is 1.03 bits per heavy atom. The summed E-state index contributed by atoms with van der Waals surface area (Å²) in [6.45, 7) is 3.31. The number of benzene rings is 3. The Morgan fingerprint density at radius 3 is 2.53 bits per heavy atom. The van der Waals surface area contributed by atoms with E-state index in [9.17, 15) is 4.39 Å². The van der Waals surface area contributed by atoms with Gasteiger partial charge in [0.1, 0.15) is 33.4 Å². The molecule has 3 aromatic carbocycles. The van der Waals surface area contributed by atoms with Gasteiger partial charge in [0.2, 0.25) is 0 Å². The van der Waals surface area contributed by atoms with Crippen LogP contribution in [0.2, 0.25) is 0 Å². The first-order valence-electron chi connectivity index (χ1n) is 13.7. The van der Waals surface area contributed by atoms with Crippen LogP contribution in [0.5, 0.6) is 5.75 Å². The number of aryl methyl sites for hydroxylation is 2. The largest absolute Gasteiger partial charge is 0.489 e. The number of nitrogens with zero attached hydrogens (tertiary/aromatic N) is 1. The molecular formula is C31H36B2F2N2O. The molecule has 5 rings (SSSR count). The highest BCUT2D eigenvalue weighted by Crippen LogP contribution is 2.41. The van der Waals surface area contributed by atoms with E-state index < -0.39 is 0 Å². The number of ether oxygens (including phenoxy) is 1. The maximum Gasteiger partial charge on any atom is 0.130 e. The van der Waals surface area contributed by atoms with Gasteiger partial charge in [-0.15, -0.1) is 0 Å². The summed E-state index contributed by atoms with van der Waals surface area (Å²) in [4.78, 5) is 2.33. The van der Waals surface area contributed by atoms with Crippen molar-refractivity contribution in [3.05, 3.63) is 94.3 Å². The summed E-state index contributed by atoms with van der Waals surface area (Å²) in [6, 6.07) is 19.8. The quantitative estimate of drug-likeness (QED) is 0.367. The van der Waals surface area contributed by atoms with E-state index in [1.54, 1.807) is 6.07 Å². The molecule has 3 nitrogen and oxygen atoms in total. The summed E-state index contributed by atoms with van der Waals surface area (Å²) >= 11 is 0. The van der Waals surface area contributed by atoms with E-state index in [2.05, 4.69) is 44.9 Å². The maximum atomic E-state index is 15.3. The van der Waals surface area contributed by atoms with Gasteiger partial charge < -0.3 is 15.4 Å². The summed E-state index contributed by atoms with van der Waals surface area (Å²) in [5.74, 6) is 0.636. The molecule has 38 heavy (non-hydrogen) atoms. The molecule has 1 atom stereocenters. The van der Waals surface area contributed by atoms with Gasteiger partial charge in [-0.05, 0) is 108 Å². The predicted molar refractivity (Wildman–Crippen MR) is 158 cm³/mol. The number of alkyl halides is 1. The standard InChI is InChI=1S/C31H36B2F2N2O/c1-20-5-11-27(29(35)17-20)28-4-2-3-22-18-23(36)8-12-26(22)30(28)21-6-9-24(10-7-21)38-25-13-16-37(19-25)31(32,33)14-15-34/h5-12,17-18,25H,2-4,13-16,19,32-33,36H2,1H3/t25-/m0/s1. The Kier molecular flexibility index (Phi) is 7.67. The molecule has 0 bridgehead atoms. The highest BCUT2D eigenvalue weighted by molar-refractivity contribution is 6.39. The second-order valence-corrected chi connectivity index (χ2v) is 11.4. The molecule has 7 heteroatoms. The van der Waals surface area contributed by atoms with Crippen LogP contribution in [-0.4, -0.2) is 51.8 Å². The molecule has 0 saturated carbocycles. The second kappa shape index (κ2) is 11.0. The normalized spacial score (nSPS) is 18.3. The van der Waals surface area contributed by atoms with Crippen molar-refractivity contribution in [1.82, 2.24) is 4.90 Å². The number of likely N-dealkylation sites (tertiary alicyclic amines) is 1. The summed E-state index contributed by atoms with van der Waals surface area (Å²) in [6.07, 6.45) is 4.15. The highest BCUT2D eigenvalue weighted by Gasteiger charge is 2.34. The van der Waals surface area contributed by atoms with E-state index in [0.717, 1.165) is 78.0 Å². The van der Waals surface area contributed by atoms with E-state index in [-0.39, 0.29) is 23.9 Å². The molecule has 1 aliphatic carbocycles. The van der Waals surface area contributed by atoms with E-state index in [4.69, 9.17) is 10.5 Å². The van der Waals surface area contributed by atoms with Crippen LogP contribution in [0.25, 0.3) is 11.1 Å². The van der Waals surface area contributed by atoms with Crippen LogP contribution in [0.3, 0.4) is 0 Å². The molecule has 1 fully saturated rings. The van der Waals surface area contributed by atoms with Crippen molar-refractivity contribution in [3.8, 4) is 5.75 Å². The number of allylic oxidation sites excluding steroid dienone is 1. The van der Waals surface area contributed by atoms with Gasteiger partial charge in [-0.1, -0.05) is 30.3 Å². The lowest BCUT2D eigenvalue weighted by Crippen LogP contribution is -2.49. The summed E-state index contributed by atoms with van der Waals surface area (Å²) in [5, 5.41) is -0.166. The monoisotopic (exact) mass is 512 g/mol. The van der Waals surface area contributed by atoms with Gasteiger partial charge in [0.25, 0.3) is 0 Å². The number of hydrogen-bond donors (Lipinski definition) is 1. The fraction of sp³-hybridized carbons (Fsp3) is 0.355. The molecule has 0 radical (unpaired) electrons. The first-order valence-corrected chi connectivity index (χ1v) is 13.7. The highest BCUT2D eigenvalue weighted by atomic mass is 19.1. The average molecular weight is 512 g/mol. The zero-order valence-electron chi connectivity index (χ0n) is 22.7. The third kappa shape index (κ3) is 5.54. The van der Waals surface area contributed by atoms with Gasteiger partial charge in [0.05, 0.1) is 6.67 Å². The number of rotatable bonds is 7. The number of anilines is 1. The van der Waals surface area contributed by atoms with E-state index in [0.29, 0.717) is 12.0 Å². The molecule has 1 aliphatic heterocycles. The fourth-order valence-corrected chi connectivity index (χ4v) is 5.93. The summed E-state index contributed by atoms with van der Waals surface area (Å²) in [7, 11) is 4.20. The van der Waals surface area contributed by atoms with Crippen LogP contribution >= 0.6 is 0 Å². The first-order chi connectivity index (χ1) is 18.2. The van der Waals surface area contributed by atoms with Crippen LogP contribution in [0, 0.1) is 12.7 Å². The van der Waals surface area contributed by atoms with Gasteiger partial charge in [-0.2, -0.15) is 0 Å². The van der Waals surface area contributed by atoms with E-state index in [1.165, 1.54) is 5.56 Å². The van der Waals surface area contributed by atoms with Crippen molar-refractivity contribution in [2.45, 2.75) is 50.5 Å². The van der Waals surface area contributed by atoms with Gasteiger partial charge in [0, 0.05) is 24.3 Å². The smallest absolute Gasteiger partial charge is 0.130 e. The first kappa shape index (κ1) is 26.6. The van der Waals surface area contributed by atoms with Gasteiger partial charge in [0.15, 0.2) is 0 Å². The molecule has 0 spiro atoms. The molecule has 2 aliphatic rings. The van der Waals surface area contributed by atoms with E-state index in [1.807, 2.05) is 37.3 Å². The van der Waals surface area contributed by atoms with Crippen LogP contribution in [0.4, 0.5) is 14.5 Å². The number of nitrogens with two attached hydrogens (primary N) is 1. The second-order valence-electron chi connectivity index (χ2n) is 11.4. The van der Waals surface area contributed by atoms with Crippen molar-refractivity contribution in [1.29, 1.82) is 0 Å². The number of fused-ring (bicyclic) bond motifs is 1. The molecule has 1 saturated heterocycles. The van der Waals surface area contributed by atoms with Crippen molar-refractivity contribution in [2.24, 2.45) is 0 Å². The number of nitrogen functional groups attached to an aromatic ring is 1. The minimum Gasteiger partial charge on any atom is -0.489 e. The van der Waals surface area contributed by atoms with Gasteiger partial charge in [-0.25, -0.2) is 4.39 Å². The van der Waals surface area contributed by atoms with Crippen LogP contribution in [-0.2, 0) is 6.42 Å². The molecule has 0 aromatic heterocycles. The Bertz CT molecular complexity index is 1340. The minimum absolute atomic E-state index is 0.0812. The SMILES string of the molecule is BC(B)(CCF)N1CC[C@H](Oc2ccc(C3=C(c4ccc(C)cc4F)CCCc4cc(N)ccc43)cc2)C1. The molecule has 0 amide bonds. The van der Waals surface area contributed by atoms with Crippen LogP contribution in [0.15, 0.2) is 60.7 Å². The Balaban J connectivity index is 1.47. The third-order valence-corrected chi connectivity index (χ3v) is 8.18. The third-order valence-electron chi connectivity index (χ3n) is 8.18. The fourth-order valence-electron chi connectivity index (χ4n) is 5.93. The van der Waals surface area contributed by atoms with E-state index >= 15 is 4.39 Å².